The second-order valence-corrected chi connectivity index (χ2v) is 5.71. The number of halogens is 3. The first-order valence-electron chi connectivity index (χ1n) is 5.67. The Balaban J connectivity index is 2.14. The first-order chi connectivity index (χ1) is 8.54. The highest BCUT2D eigenvalue weighted by molar-refractivity contribution is 7.98. The number of anilines is 1. The first kappa shape index (κ1) is 15.6. The van der Waals surface area contributed by atoms with Crippen LogP contribution in [-0.4, -0.2) is 28.8 Å². The fourth-order valence-electron chi connectivity index (χ4n) is 1.33. The Morgan fingerprint density at radius 3 is 2.50 bits per heavy atom. The maximum absolute atomic E-state index is 12.2. The summed E-state index contributed by atoms with van der Waals surface area (Å²) < 4.78 is 36.7. The summed E-state index contributed by atoms with van der Waals surface area (Å²) in [4.78, 5) is 0. The molecule has 104 valence electrons. The van der Waals surface area contributed by atoms with Crippen molar-refractivity contribution in [2.45, 2.75) is 31.9 Å². The molecule has 1 aromatic rings. The van der Waals surface area contributed by atoms with Gasteiger partial charge in [-0.25, -0.2) is 0 Å². The zero-order valence-electron chi connectivity index (χ0n) is 10.1. The molecule has 0 spiro atoms. The average molecular weight is 299 g/mol. The number of nitrogens with one attached hydrogen (secondary N) is 1. The Morgan fingerprint density at radius 1 is 1.17 bits per heavy atom. The van der Waals surface area contributed by atoms with Crippen LogP contribution in [0.25, 0.3) is 0 Å². The monoisotopic (exact) mass is 299 g/mol. The van der Waals surface area contributed by atoms with Crippen molar-refractivity contribution in [3.63, 3.8) is 0 Å². The van der Waals surface area contributed by atoms with Crippen molar-refractivity contribution in [3.05, 3.63) is 5.01 Å². The van der Waals surface area contributed by atoms with Crippen molar-refractivity contribution in [1.82, 2.24) is 10.2 Å². The van der Waals surface area contributed by atoms with Gasteiger partial charge in [-0.1, -0.05) is 24.2 Å². The normalized spacial score (nSPS) is 11.8. The van der Waals surface area contributed by atoms with Gasteiger partial charge in [0.05, 0.1) is 0 Å². The fraction of sp³-hybridized carbons (Fsp3) is 0.800. The fourth-order valence-corrected chi connectivity index (χ4v) is 2.46. The van der Waals surface area contributed by atoms with Gasteiger partial charge in [0.15, 0.2) is 0 Å². The Bertz CT molecular complexity index is 341. The summed E-state index contributed by atoms with van der Waals surface area (Å²) in [6.45, 7) is 0.645. The van der Waals surface area contributed by atoms with Gasteiger partial charge < -0.3 is 5.32 Å². The van der Waals surface area contributed by atoms with E-state index in [1.54, 1.807) is 0 Å². The number of nitrogens with zero attached hydrogens (tertiary/aromatic N) is 2. The van der Waals surface area contributed by atoms with Gasteiger partial charge in [0, 0.05) is 6.54 Å². The summed E-state index contributed by atoms with van der Waals surface area (Å²) in [5, 5.41) is 8.78. The molecule has 0 aliphatic rings. The van der Waals surface area contributed by atoms with E-state index in [1.165, 1.54) is 12.2 Å². The second-order valence-electron chi connectivity index (χ2n) is 3.74. The highest BCUT2D eigenvalue weighted by Crippen LogP contribution is 2.32. The van der Waals surface area contributed by atoms with Crippen LogP contribution in [-0.2, 0) is 6.18 Å². The number of hydrogen-bond donors (Lipinski definition) is 1. The molecule has 8 heteroatoms. The molecule has 0 aliphatic heterocycles. The quantitative estimate of drug-likeness (QED) is 0.739. The Morgan fingerprint density at radius 2 is 1.89 bits per heavy atom. The summed E-state index contributed by atoms with van der Waals surface area (Å²) in [5.41, 5.74) is 0. The molecule has 1 aromatic heterocycles. The third-order valence-corrected chi connectivity index (χ3v) is 3.84. The van der Waals surface area contributed by atoms with Gasteiger partial charge in [-0.3, -0.25) is 0 Å². The number of unbranched alkanes of at least 4 members (excludes halogenated alkanes) is 3. The zero-order chi connectivity index (χ0) is 13.4. The lowest BCUT2D eigenvalue weighted by Gasteiger charge is -2.02. The van der Waals surface area contributed by atoms with Gasteiger partial charge in [-0.05, 0) is 24.9 Å². The van der Waals surface area contributed by atoms with Crippen molar-refractivity contribution in [2.24, 2.45) is 0 Å². The topological polar surface area (TPSA) is 37.8 Å². The SMILES string of the molecule is CSCCCCCCNc1nnc(C(F)(F)F)s1. The molecule has 1 N–H and O–H groups in total. The van der Waals surface area contributed by atoms with E-state index in [9.17, 15) is 13.2 Å². The minimum absolute atomic E-state index is 0.242. The van der Waals surface area contributed by atoms with Gasteiger partial charge >= 0.3 is 6.18 Å². The smallest absolute Gasteiger partial charge is 0.360 e. The molecule has 0 atom stereocenters. The van der Waals surface area contributed by atoms with E-state index in [1.807, 2.05) is 11.8 Å². The maximum Gasteiger partial charge on any atom is 0.445 e. The highest BCUT2D eigenvalue weighted by Gasteiger charge is 2.35. The molecule has 1 heterocycles. The van der Waals surface area contributed by atoms with Crippen LogP contribution < -0.4 is 5.32 Å². The molecule has 0 fully saturated rings. The molecule has 0 amide bonds. The summed E-state index contributed by atoms with van der Waals surface area (Å²) in [6.07, 6.45) is 2.06. The molecule has 0 bridgehead atoms. The van der Waals surface area contributed by atoms with Crippen molar-refractivity contribution in [2.75, 3.05) is 23.9 Å². The van der Waals surface area contributed by atoms with Crippen molar-refractivity contribution >= 4 is 28.2 Å². The number of thioether (sulfide) groups is 1. The maximum atomic E-state index is 12.2. The molecular formula is C10H16F3N3S2. The van der Waals surface area contributed by atoms with E-state index in [0.29, 0.717) is 17.9 Å². The third kappa shape index (κ3) is 5.90. The number of aromatic nitrogens is 2. The largest absolute Gasteiger partial charge is 0.445 e. The first-order valence-corrected chi connectivity index (χ1v) is 7.88. The zero-order valence-corrected chi connectivity index (χ0v) is 11.7. The molecule has 0 aliphatic carbocycles. The molecule has 18 heavy (non-hydrogen) atoms. The van der Waals surface area contributed by atoms with E-state index >= 15 is 0 Å². The van der Waals surface area contributed by atoms with Gasteiger partial charge in [0.25, 0.3) is 0 Å². The Kier molecular flexibility index (Phi) is 6.77. The van der Waals surface area contributed by atoms with Crippen LogP contribution in [0.1, 0.15) is 30.7 Å². The Hall–Kier alpha value is -0.500. The summed E-state index contributed by atoms with van der Waals surface area (Å²) in [5.74, 6) is 1.17. The van der Waals surface area contributed by atoms with Crippen LogP contribution in [0, 0.1) is 0 Å². The van der Waals surface area contributed by atoms with Crippen molar-refractivity contribution in [1.29, 1.82) is 0 Å². The second kappa shape index (κ2) is 7.83. The molecule has 0 unspecified atom stereocenters. The van der Waals surface area contributed by atoms with E-state index in [2.05, 4.69) is 21.8 Å². The number of alkyl halides is 3. The van der Waals surface area contributed by atoms with E-state index in [4.69, 9.17) is 0 Å². The van der Waals surface area contributed by atoms with Crippen molar-refractivity contribution < 1.29 is 13.2 Å². The molecular weight excluding hydrogens is 283 g/mol. The van der Waals surface area contributed by atoms with Crippen molar-refractivity contribution in [3.8, 4) is 0 Å². The van der Waals surface area contributed by atoms with Gasteiger partial charge in [0.2, 0.25) is 10.1 Å². The summed E-state index contributed by atoms with van der Waals surface area (Å²) in [7, 11) is 0. The predicted octanol–water partition coefficient (Wildman–Crippen LogP) is 3.89. The standard InChI is InChI=1S/C10H16F3N3S2/c1-17-7-5-3-2-4-6-14-9-16-15-8(18-9)10(11,12)13/h2-7H2,1H3,(H,14,16). The predicted molar refractivity (Wildman–Crippen MR) is 70.3 cm³/mol. The van der Waals surface area contributed by atoms with Gasteiger partial charge in [-0.15, -0.1) is 10.2 Å². The molecule has 0 saturated heterocycles. The van der Waals surface area contributed by atoms with Crippen LogP contribution in [0.5, 0.6) is 0 Å². The van der Waals surface area contributed by atoms with Crippen LogP contribution >= 0.6 is 23.1 Å². The van der Waals surface area contributed by atoms with Gasteiger partial charge in [-0.2, -0.15) is 24.9 Å². The molecule has 1 rings (SSSR count). The molecule has 0 aromatic carbocycles. The minimum Gasteiger partial charge on any atom is -0.360 e. The van der Waals surface area contributed by atoms with Crippen LogP contribution in [0.15, 0.2) is 0 Å². The minimum atomic E-state index is -4.39. The van der Waals surface area contributed by atoms with E-state index in [0.717, 1.165) is 19.3 Å². The summed E-state index contributed by atoms with van der Waals surface area (Å²) in [6, 6.07) is 0. The highest BCUT2D eigenvalue weighted by atomic mass is 32.2. The van der Waals surface area contributed by atoms with E-state index < -0.39 is 11.2 Å². The lowest BCUT2D eigenvalue weighted by molar-refractivity contribution is -0.138. The number of rotatable bonds is 8. The van der Waals surface area contributed by atoms with E-state index in [-0.39, 0.29) is 5.13 Å². The molecule has 3 nitrogen and oxygen atoms in total. The lowest BCUT2D eigenvalue weighted by Crippen LogP contribution is -2.03. The average Bonchev–Trinajstić information content (AvgIpc) is 2.76. The molecule has 0 saturated carbocycles. The summed E-state index contributed by atoms with van der Waals surface area (Å²) >= 11 is 2.38. The molecule has 0 radical (unpaired) electrons. The number of hydrogen-bond acceptors (Lipinski definition) is 5. The third-order valence-electron chi connectivity index (χ3n) is 2.22. The van der Waals surface area contributed by atoms with Crippen LogP contribution in [0.2, 0.25) is 0 Å². The Labute approximate surface area is 113 Å². The van der Waals surface area contributed by atoms with Gasteiger partial charge in [0.1, 0.15) is 0 Å². The lowest BCUT2D eigenvalue weighted by atomic mass is 10.2. The van der Waals surface area contributed by atoms with Crippen LogP contribution in [0.3, 0.4) is 0 Å². The van der Waals surface area contributed by atoms with Crippen LogP contribution in [0.4, 0.5) is 18.3 Å².